The molecule has 0 radical (unpaired) electrons. The summed E-state index contributed by atoms with van der Waals surface area (Å²) in [5.41, 5.74) is 1.94. The van der Waals surface area contributed by atoms with Gasteiger partial charge in [-0.25, -0.2) is 22.2 Å². The normalized spacial score (nSPS) is 22.8. The molecule has 1 aromatic carbocycles. The Morgan fingerprint density at radius 1 is 1.19 bits per heavy atom. The molecule has 162 valence electrons. The minimum absolute atomic E-state index is 0.0732. The van der Waals surface area contributed by atoms with E-state index in [1.807, 2.05) is 0 Å². The number of aromatic nitrogens is 2. The first-order valence-electron chi connectivity index (χ1n) is 9.93. The van der Waals surface area contributed by atoms with Crippen LogP contribution < -0.4 is 5.32 Å². The highest BCUT2D eigenvalue weighted by atomic mass is 32.2. The van der Waals surface area contributed by atoms with Crippen molar-refractivity contribution < 1.29 is 22.0 Å². The third kappa shape index (κ3) is 3.49. The first-order valence-corrected chi connectivity index (χ1v) is 11.4. The van der Waals surface area contributed by atoms with E-state index < -0.39 is 34.3 Å². The molecule has 2 atom stereocenters. The number of nitrogens with zero attached hydrogens (tertiary/aromatic N) is 3. The molecule has 0 unspecified atom stereocenters. The Morgan fingerprint density at radius 2 is 1.97 bits per heavy atom. The topological polar surface area (TPSA) is 83.8 Å². The monoisotopic (exact) mass is 446 g/mol. The van der Waals surface area contributed by atoms with Gasteiger partial charge in [0.1, 0.15) is 5.65 Å². The Morgan fingerprint density at radius 3 is 2.65 bits per heavy atom. The van der Waals surface area contributed by atoms with Crippen molar-refractivity contribution in [3.63, 3.8) is 0 Å². The highest BCUT2D eigenvalue weighted by Gasteiger charge is 2.58. The molecule has 7 nitrogen and oxygen atoms in total. The van der Waals surface area contributed by atoms with E-state index in [9.17, 15) is 22.0 Å². The van der Waals surface area contributed by atoms with Crippen molar-refractivity contribution in [1.82, 2.24) is 19.0 Å². The van der Waals surface area contributed by atoms with Crippen LogP contribution in [0.1, 0.15) is 28.8 Å². The van der Waals surface area contributed by atoms with E-state index in [2.05, 4.69) is 10.3 Å². The van der Waals surface area contributed by atoms with Gasteiger partial charge >= 0.3 is 0 Å². The second kappa shape index (κ2) is 7.10. The average molecular weight is 446 g/mol. The molecule has 1 N–H and O–H groups in total. The molecule has 2 aliphatic rings. The zero-order valence-corrected chi connectivity index (χ0v) is 17.2. The van der Waals surface area contributed by atoms with E-state index in [4.69, 9.17) is 0 Å². The fourth-order valence-corrected chi connectivity index (χ4v) is 6.09. The van der Waals surface area contributed by atoms with Crippen LogP contribution >= 0.6 is 0 Å². The predicted molar refractivity (Wildman–Crippen MR) is 108 cm³/mol. The number of halogens is 2. The molecule has 1 aliphatic heterocycles. The van der Waals surface area contributed by atoms with Crippen LogP contribution in [0.15, 0.2) is 59.9 Å². The Bertz CT molecular complexity index is 1260. The van der Waals surface area contributed by atoms with Crippen molar-refractivity contribution in [3.05, 3.63) is 66.1 Å². The Kier molecular flexibility index (Phi) is 4.60. The highest BCUT2D eigenvalue weighted by Crippen LogP contribution is 2.49. The number of pyridine rings is 1. The van der Waals surface area contributed by atoms with Crippen molar-refractivity contribution in [2.75, 3.05) is 6.54 Å². The van der Waals surface area contributed by atoms with Gasteiger partial charge in [0.05, 0.1) is 10.5 Å². The second-order valence-electron chi connectivity index (χ2n) is 8.06. The molecular formula is C21H20F2N4O3S. The van der Waals surface area contributed by atoms with Gasteiger partial charge in [-0.2, -0.15) is 4.31 Å². The molecule has 1 aliphatic carbocycles. The maximum absolute atomic E-state index is 13.7. The molecule has 2 aromatic heterocycles. The number of amides is 1. The first-order chi connectivity index (χ1) is 14.7. The van der Waals surface area contributed by atoms with E-state index in [-0.39, 0.29) is 30.3 Å². The van der Waals surface area contributed by atoms with E-state index in [1.54, 1.807) is 47.3 Å². The predicted octanol–water partition coefficient (Wildman–Crippen LogP) is 2.68. The van der Waals surface area contributed by atoms with Gasteiger partial charge in [0, 0.05) is 50.1 Å². The lowest BCUT2D eigenvalue weighted by atomic mass is 10.1. The van der Waals surface area contributed by atoms with Crippen LogP contribution in [0.5, 0.6) is 0 Å². The number of hydrogen-bond donors (Lipinski definition) is 1. The molecular weight excluding hydrogens is 426 g/mol. The van der Waals surface area contributed by atoms with Gasteiger partial charge in [-0.1, -0.05) is 12.1 Å². The van der Waals surface area contributed by atoms with Gasteiger partial charge in [-0.05, 0) is 36.2 Å². The quantitative estimate of drug-likeness (QED) is 0.653. The largest absolute Gasteiger partial charge is 0.348 e. The molecule has 2 bridgehead atoms. The second-order valence-corrected chi connectivity index (χ2v) is 9.95. The van der Waals surface area contributed by atoms with E-state index in [1.165, 1.54) is 16.4 Å². The van der Waals surface area contributed by atoms with Gasteiger partial charge < -0.3 is 9.72 Å². The van der Waals surface area contributed by atoms with Crippen LogP contribution in [0, 0.1) is 5.92 Å². The lowest BCUT2D eigenvalue weighted by Crippen LogP contribution is -2.44. The summed E-state index contributed by atoms with van der Waals surface area (Å²) >= 11 is 0. The third-order valence-electron chi connectivity index (χ3n) is 6.10. The van der Waals surface area contributed by atoms with Crippen LogP contribution in [0.3, 0.4) is 0 Å². The van der Waals surface area contributed by atoms with Crippen molar-refractivity contribution in [2.24, 2.45) is 5.92 Å². The number of piperidine rings is 1. The zero-order chi connectivity index (χ0) is 21.8. The van der Waals surface area contributed by atoms with Crippen molar-refractivity contribution in [2.45, 2.75) is 36.2 Å². The van der Waals surface area contributed by atoms with Crippen LogP contribution in [-0.2, 0) is 16.6 Å². The van der Waals surface area contributed by atoms with Crippen LogP contribution in [0.25, 0.3) is 5.65 Å². The summed E-state index contributed by atoms with van der Waals surface area (Å²) in [6, 6.07) is 8.94. The maximum atomic E-state index is 13.7. The average Bonchev–Trinajstić information content (AvgIpc) is 3.45. The molecule has 3 aromatic rings. The highest BCUT2D eigenvalue weighted by molar-refractivity contribution is 7.89. The molecule has 10 heteroatoms. The third-order valence-corrected chi connectivity index (χ3v) is 8.04. The Labute approximate surface area is 177 Å². The molecule has 2 fully saturated rings. The fraction of sp³-hybridized carbons (Fsp3) is 0.333. The van der Waals surface area contributed by atoms with Gasteiger partial charge in [0.2, 0.25) is 10.0 Å². The minimum atomic E-state index is -3.82. The van der Waals surface area contributed by atoms with E-state index >= 15 is 0 Å². The smallest absolute Gasteiger partial charge is 0.253 e. The number of rotatable bonds is 5. The summed E-state index contributed by atoms with van der Waals surface area (Å²) in [4.78, 5) is 16.6. The number of benzene rings is 1. The molecule has 0 spiro atoms. The van der Waals surface area contributed by atoms with Crippen LogP contribution in [0.2, 0.25) is 0 Å². The molecule has 1 amide bonds. The number of sulfonamides is 1. The van der Waals surface area contributed by atoms with Gasteiger partial charge in [0.15, 0.2) is 0 Å². The van der Waals surface area contributed by atoms with Gasteiger partial charge in [-0.3, -0.25) is 4.79 Å². The van der Waals surface area contributed by atoms with Gasteiger partial charge in [-0.15, -0.1) is 0 Å². The van der Waals surface area contributed by atoms with E-state index in [0.717, 1.165) is 11.2 Å². The van der Waals surface area contributed by atoms with Crippen molar-refractivity contribution >= 4 is 21.6 Å². The van der Waals surface area contributed by atoms with Crippen LogP contribution in [-0.4, -0.2) is 46.5 Å². The lowest BCUT2D eigenvalue weighted by molar-refractivity contribution is -0.0559. The molecule has 3 heterocycles. The fourth-order valence-electron chi connectivity index (χ4n) is 4.41. The van der Waals surface area contributed by atoms with Crippen molar-refractivity contribution in [1.29, 1.82) is 0 Å². The van der Waals surface area contributed by atoms with Crippen molar-refractivity contribution in [3.8, 4) is 0 Å². The molecule has 1 saturated heterocycles. The Balaban J connectivity index is 1.24. The van der Waals surface area contributed by atoms with E-state index in [0.29, 0.717) is 5.56 Å². The molecule has 31 heavy (non-hydrogen) atoms. The SMILES string of the molecule is O=C(NCc1ccc(S(=O)(=O)N2C[C@H]3C[C@@H]2CC3(F)F)cc1)c1ccc2nccn2c1. The number of hydrogen-bond acceptors (Lipinski definition) is 4. The summed E-state index contributed by atoms with van der Waals surface area (Å²) in [6.45, 7) is 0.0842. The van der Waals surface area contributed by atoms with Gasteiger partial charge in [0.25, 0.3) is 11.8 Å². The lowest BCUT2D eigenvalue weighted by Gasteiger charge is -2.30. The van der Waals surface area contributed by atoms with Crippen LogP contribution in [0.4, 0.5) is 8.78 Å². The number of nitrogens with one attached hydrogen (secondary N) is 1. The summed E-state index contributed by atoms with van der Waals surface area (Å²) < 4.78 is 56.2. The summed E-state index contributed by atoms with van der Waals surface area (Å²) in [7, 11) is -3.82. The summed E-state index contributed by atoms with van der Waals surface area (Å²) in [5.74, 6) is -3.94. The molecule has 5 rings (SSSR count). The number of carbonyl (C=O) groups is 1. The number of imidazole rings is 1. The number of fused-ring (bicyclic) bond motifs is 3. The zero-order valence-electron chi connectivity index (χ0n) is 16.4. The number of carbonyl (C=O) groups excluding carboxylic acids is 1. The first kappa shape index (κ1) is 20.1. The standard InChI is InChI=1S/C21H20F2N4O3S/c22-21(23)10-17-9-16(21)13-27(17)31(29,30)18-4-1-14(2-5-18)11-25-20(28)15-3-6-19-24-7-8-26(19)12-15/h1-8,12,16-17H,9-11,13H2,(H,25,28)/t16-,17-/m1/s1. The summed E-state index contributed by atoms with van der Waals surface area (Å²) in [6.07, 6.45) is 4.87. The summed E-state index contributed by atoms with van der Waals surface area (Å²) in [5, 5.41) is 2.80. The minimum Gasteiger partial charge on any atom is -0.348 e. The number of alkyl halides is 2. The maximum Gasteiger partial charge on any atom is 0.253 e. The molecule has 1 saturated carbocycles. The Hall–Kier alpha value is -2.85.